The van der Waals surface area contributed by atoms with Crippen LogP contribution in [0, 0.1) is 12.7 Å². The molecule has 0 aliphatic carbocycles. The van der Waals surface area contributed by atoms with Crippen LogP contribution < -0.4 is 4.74 Å². The third-order valence-electron chi connectivity index (χ3n) is 2.46. The summed E-state index contributed by atoms with van der Waals surface area (Å²) in [4.78, 5) is 13.9. The van der Waals surface area contributed by atoms with Crippen LogP contribution in [-0.4, -0.2) is 23.2 Å². The first-order valence-corrected chi connectivity index (χ1v) is 4.63. The molecule has 1 heterocycles. The highest BCUT2D eigenvalue weighted by atomic mass is 19.1. The number of rotatable bonds is 2. The molecule has 84 valence electrons. The number of halogens is 1. The van der Waals surface area contributed by atoms with E-state index in [-0.39, 0.29) is 5.56 Å². The Morgan fingerprint density at radius 3 is 2.75 bits per heavy atom. The van der Waals surface area contributed by atoms with E-state index < -0.39 is 11.8 Å². The number of ether oxygens (including phenoxy) is 1. The van der Waals surface area contributed by atoms with Gasteiger partial charge in [-0.05, 0) is 13.0 Å². The van der Waals surface area contributed by atoms with E-state index in [1.807, 2.05) is 0 Å². The Balaban J connectivity index is 2.89. The van der Waals surface area contributed by atoms with Gasteiger partial charge in [-0.1, -0.05) is 0 Å². The average molecular weight is 223 g/mol. The van der Waals surface area contributed by atoms with Crippen LogP contribution in [-0.2, 0) is 0 Å². The Kier molecular flexibility index (Phi) is 2.30. The smallest absolute Gasteiger partial charge is 0.338 e. The fourth-order valence-electron chi connectivity index (χ4n) is 1.80. The number of H-pyrrole nitrogens is 1. The van der Waals surface area contributed by atoms with Crippen molar-refractivity contribution < 1.29 is 19.0 Å². The molecule has 0 amide bonds. The van der Waals surface area contributed by atoms with E-state index in [4.69, 9.17) is 9.84 Å². The summed E-state index contributed by atoms with van der Waals surface area (Å²) in [5.41, 5.74) is 1.05. The molecule has 1 aromatic heterocycles. The molecular weight excluding hydrogens is 213 g/mol. The molecule has 16 heavy (non-hydrogen) atoms. The van der Waals surface area contributed by atoms with E-state index in [9.17, 15) is 9.18 Å². The summed E-state index contributed by atoms with van der Waals surface area (Å²) in [5, 5.41) is 9.34. The van der Waals surface area contributed by atoms with Crippen molar-refractivity contribution in [1.29, 1.82) is 0 Å². The van der Waals surface area contributed by atoms with Crippen LogP contribution in [0.4, 0.5) is 4.39 Å². The second-order valence-electron chi connectivity index (χ2n) is 3.46. The molecule has 2 aromatic rings. The molecule has 0 spiro atoms. The van der Waals surface area contributed by atoms with E-state index >= 15 is 0 Å². The van der Waals surface area contributed by atoms with Crippen molar-refractivity contribution in [2.24, 2.45) is 0 Å². The van der Waals surface area contributed by atoms with Gasteiger partial charge in [-0.15, -0.1) is 0 Å². The zero-order valence-corrected chi connectivity index (χ0v) is 8.80. The second kappa shape index (κ2) is 3.52. The van der Waals surface area contributed by atoms with Gasteiger partial charge in [0.1, 0.15) is 11.6 Å². The molecule has 0 unspecified atom stereocenters. The first-order chi connectivity index (χ1) is 7.54. The van der Waals surface area contributed by atoms with E-state index in [1.54, 1.807) is 6.92 Å². The molecule has 4 nitrogen and oxygen atoms in total. The Hall–Kier alpha value is -2.04. The average Bonchev–Trinajstić information content (AvgIpc) is 2.52. The van der Waals surface area contributed by atoms with Crippen molar-refractivity contribution in [3.63, 3.8) is 0 Å². The maximum atomic E-state index is 13.2. The number of methoxy groups -OCH3 is 1. The summed E-state index contributed by atoms with van der Waals surface area (Å²) in [6.07, 6.45) is 0. The highest BCUT2D eigenvalue weighted by molar-refractivity contribution is 6.06. The lowest BCUT2D eigenvalue weighted by Gasteiger charge is -2.01. The van der Waals surface area contributed by atoms with Gasteiger partial charge >= 0.3 is 5.97 Å². The number of nitrogens with one attached hydrogen (secondary N) is 1. The van der Waals surface area contributed by atoms with Gasteiger partial charge in [-0.3, -0.25) is 0 Å². The van der Waals surface area contributed by atoms with Crippen molar-refractivity contribution in [3.8, 4) is 5.75 Å². The first kappa shape index (κ1) is 10.5. The number of hydrogen-bond acceptors (Lipinski definition) is 2. The number of hydrogen-bond donors (Lipinski definition) is 2. The predicted octanol–water partition coefficient (Wildman–Crippen LogP) is 2.32. The van der Waals surface area contributed by atoms with Crippen LogP contribution in [0.15, 0.2) is 12.1 Å². The zero-order chi connectivity index (χ0) is 11.9. The number of aryl methyl sites for hydroxylation is 1. The van der Waals surface area contributed by atoms with E-state index in [0.29, 0.717) is 22.3 Å². The standard InChI is InChI=1S/C11H10FNO3/c1-5-9(11(14)15)7-3-6(12)4-8(16-2)10(7)13-5/h3-4,13H,1-2H3,(H,14,15). The van der Waals surface area contributed by atoms with Crippen molar-refractivity contribution >= 4 is 16.9 Å². The van der Waals surface area contributed by atoms with E-state index in [1.165, 1.54) is 19.2 Å². The van der Waals surface area contributed by atoms with Gasteiger partial charge in [0.15, 0.2) is 0 Å². The minimum absolute atomic E-state index is 0.0767. The molecule has 0 aliphatic heterocycles. The largest absolute Gasteiger partial charge is 0.494 e. The summed E-state index contributed by atoms with van der Waals surface area (Å²) in [7, 11) is 1.41. The molecule has 5 heteroatoms. The fourth-order valence-corrected chi connectivity index (χ4v) is 1.80. The van der Waals surface area contributed by atoms with Gasteiger partial charge in [0.05, 0.1) is 18.2 Å². The van der Waals surface area contributed by atoms with Gasteiger partial charge in [-0.25, -0.2) is 9.18 Å². The number of carbonyl (C=O) groups is 1. The van der Waals surface area contributed by atoms with E-state index in [0.717, 1.165) is 0 Å². The Bertz CT molecular complexity index is 574. The van der Waals surface area contributed by atoms with E-state index in [2.05, 4.69) is 4.98 Å². The third-order valence-corrected chi connectivity index (χ3v) is 2.46. The van der Waals surface area contributed by atoms with Crippen molar-refractivity contribution in [2.45, 2.75) is 6.92 Å². The number of aromatic nitrogens is 1. The van der Waals surface area contributed by atoms with Gasteiger partial charge in [0.2, 0.25) is 0 Å². The lowest BCUT2D eigenvalue weighted by atomic mass is 10.1. The monoisotopic (exact) mass is 223 g/mol. The highest BCUT2D eigenvalue weighted by Crippen LogP contribution is 2.30. The maximum Gasteiger partial charge on any atom is 0.338 e. The predicted molar refractivity (Wildman–Crippen MR) is 56.5 cm³/mol. The van der Waals surface area contributed by atoms with Gasteiger partial charge in [0.25, 0.3) is 0 Å². The van der Waals surface area contributed by atoms with Gasteiger partial charge < -0.3 is 14.8 Å². The topological polar surface area (TPSA) is 62.3 Å². The summed E-state index contributed by atoms with van der Waals surface area (Å²) in [6, 6.07) is 2.40. The van der Waals surface area contributed by atoms with Gasteiger partial charge in [0, 0.05) is 17.1 Å². The quantitative estimate of drug-likeness (QED) is 0.821. The van der Waals surface area contributed by atoms with Crippen molar-refractivity contribution in [3.05, 3.63) is 29.2 Å². The summed E-state index contributed by atoms with van der Waals surface area (Å²) < 4.78 is 18.2. The number of fused-ring (bicyclic) bond motifs is 1. The minimum Gasteiger partial charge on any atom is -0.494 e. The molecular formula is C11H10FNO3. The number of benzene rings is 1. The molecule has 2 rings (SSSR count). The molecule has 0 aliphatic rings. The zero-order valence-electron chi connectivity index (χ0n) is 8.80. The highest BCUT2D eigenvalue weighted by Gasteiger charge is 2.18. The third kappa shape index (κ3) is 1.41. The molecule has 0 saturated heterocycles. The molecule has 2 N–H and O–H groups in total. The van der Waals surface area contributed by atoms with Crippen molar-refractivity contribution in [2.75, 3.05) is 7.11 Å². The Morgan fingerprint density at radius 2 is 2.19 bits per heavy atom. The SMILES string of the molecule is COc1cc(F)cc2c(C(=O)O)c(C)[nH]c12. The summed E-state index contributed by atoms with van der Waals surface area (Å²) in [6.45, 7) is 1.63. The summed E-state index contributed by atoms with van der Waals surface area (Å²) in [5.74, 6) is -1.31. The fraction of sp³-hybridized carbons (Fsp3) is 0.182. The molecule has 0 saturated carbocycles. The number of carboxylic acids is 1. The number of carboxylic acid groups (broad SMARTS) is 1. The minimum atomic E-state index is -1.09. The lowest BCUT2D eigenvalue weighted by Crippen LogP contribution is -1.97. The summed E-state index contributed by atoms with van der Waals surface area (Å²) >= 11 is 0. The first-order valence-electron chi connectivity index (χ1n) is 4.63. The van der Waals surface area contributed by atoms with Gasteiger partial charge in [-0.2, -0.15) is 0 Å². The molecule has 0 radical (unpaired) electrons. The number of aromatic amines is 1. The Labute approximate surface area is 90.7 Å². The van der Waals surface area contributed by atoms with Crippen LogP contribution in [0.1, 0.15) is 16.1 Å². The normalized spacial score (nSPS) is 10.7. The number of aromatic carboxylic acids is 1. The lowest BCUT2D eigenvalue weighted by molar-refractivity contribution is 0.0698. The van der Waals surface area contributed by atoms with Crippen LogP contribution in [0.5, 0.6) is 5.75 Å². The van der Waals surface area contributed by atoms with Crippen LogP contribution in [0.2, 0.25) is 0 Å². The van der Waals surface area contributed by atoms with Crippen LogP contribution in [0.25, 0.3) is 10.9 Å². The second-order valence-corrected chi connectivity index (χ2v) is 3.46. The molecule has 0 fully saturated rings. The molecule has 0 bridgehead atoms. The van der Waals surface area contributed by atoms with Crippen LogP contribution in [0.3, 0.4) is 0 Å². The molecule has 0 atom stereocenters. The maximum absolute atomic E-state index is 13.2. The Morgan fingerprint density at radius 1 is 1.50 bits per heavy atom. The molecule has 1 aromatic carbocycles. The van der Waals surface area contributed by atoms with Crippen LogP contribution >= 0.6 is 0 Å². The van der Waals surface area contributed by atoms with Crippen molar-refractivity contribution in [1.82, 2.24) is 4.98 Å².